The van der Waals surface area contributed by atoms with E-state index in [0.29, 0.717) is 42.1 Å². The zero-order chi connectivity index (χ0) is 20.5. The molecule has 0 unspecified atom stereocenters. The Balaban J connectivity index is 1.53. The zero-order valence-electron chi connectivity index (χ0n) is 17.2. The van der Waals surface area contributed by atoms with Crippen molar-refractivity contribution in [1.82, 2.24) is 15.3 Å². The Labute approximate surface area is 172 Å². The molecule has 3 rings (SSSR count). The van der Waals surface area contributed by atoms with Gasteiger partial charge >= 0.3 is 0 Å². The normalized spacial score (nSPS) is 14.7. The predicted molar refractivity (Wildman–Crippen MR) is 113 cm³/mol. The van der Waals surface area contributed by atoms with Crippen molar-refractivity contribution >= 4 is 11.9 Å². The van der Waals surface area contributed by atoms with Gasteiger partial charge in [-0.2, -0.15) is 0 Å². The monoisotopic (exact) mass is 398 g/mol. The smallest absolute Gasteiger partial charge is 0.270 e. The Hall–Kier alpha value is -2.83. The van der Waals surface area contributed by atoms with Gasteiger partial charge in [0.15, 0.2) is 11.5 Å². The third kappa shape index (κ3) is 6.07. The van der Waals surface area contributed by atoms with Gasteiger partial charge < -0.3 is 20.1 Å². The number of hydrogen-bond donors (Lipinski definition) is 2. The molecule has 1 aromatic carbocycles. The number of aromatic nitrogens is 2. The first-order chi connectivity index (χ1) is 14.2. The molecule has 1 aromatic heterocycles. The second kappa shape index (κ2) is 10.6. The molecule has 7 heteroatoms. The van der Waals surface area contributed by atoms with E-state index in [-0.39, 0.29) is 5.91 Å². The number of methoxy groups -OCH3 is 2. The lowest BCUT2D eigenvalue weighted by Gasteiger charge is -2.16. The van der Waals surface area contributed by atoms with E-state index in [1.165, 1.54) is 25.7 Å². The first-order valence-corrected chi connectivity index (χ1v) is 10.3. The number of carbonyl (C=O) groups excluding carboxylic acids is 1. The van der Waals surface area contributed by atoms with E-state index in [1.807, 2.05) is 18.2 Å². The van der Waals surface area contributed by atoms with Gasteiger partial charge in [-0.05, 0) is 43.0 Å². The molecule has 7 nitrogen and oxygen atoms in total. The van der Waals surface area contributed by atoms with Crippen molar-refractivity contribution in [2.75, 3.05) is 26.1 Å². The molecule has 0 bridgehead atoms. The molecule has 29 heavy (non-hydrogen) atoms. The summed E-state index contributed by atoms with van der Waals surface area (Å²) >= 11 is 0. The van der Waals surface area contributed by atoms with Crippen molar-refractivity contribution in [1.29, 1.82) is 0 Å². The molecule has 1 aliphatic rings. The minimum Gasteiger partial charge on any atom is -0.493 e. The van der Waals surface area contributed by atoms with E-state index in [9.17, 15) is 4.79 Å². The van der Waals surface area contributed by atoms with Gasteiger partial charge in [-0.3, -0.25) is 4.79 Å². The van der Waals surface area contributed by atoms with E-state index in [4.69, 9.17) is 9.47 Å². The van der Waals surface area contributed by atoms with Crippen molar-refractivity contribution in [2.45, 2.75) is 51.0 Å². The highest BCUT2D eigenvalue weighted by Gasteiger charge is 2.14. The van der Waals surface area contributed by atoms with Crippen LogP contribution in [0.3, 0.4) is 0 Å². The predicted octanol–water partition coefficient (Wildman–Crippen LogP) is 3.60. The van der Waals surface area contributed by atoms with Crippen molar-refractivity contribution in [2.24, 2.45) is 0 Å². The maximum atomic E-state index is 12.5. The molecule has 1 heterocycles. The van der Waals surface area contributed by atoms with E-state index >= 15 is 0 Å². The fourth-order valence-corrected chi connectivity index (χ4v) is 3.61. The van der Waals surface area contributed by atoms with Gasteiger partial charge in [0.1, 0.15) is 5.69 Å². The maximum Gasteiger partial charge on any atom is 0.270 e. The third-order valence-corrected chi connectivity index (χ3v) is 5.22. The summed E-state index contributed by atoms with van der Waals surface area (Å²) in [4.78, 5) is 21.2. The van der Waals surface area contributed by atoms with E-state index in [0.717, 1.165) is 18.4 Å². The van der Waals surface area contributed by atoms with E-state index in [2.05, 4.69) is 20.6 Å². The highest BCUT2D eigenvalue weighted by Crippen LogP contribution is 2.27. The Morgan fingerprint density at radius 3 is 2.55 bits per heavy atom. The first-order valence-electron chi connectivity index (χ1n) is 10.3. The number of rotatable bonds is 8. The molecule has 1 fully saturated rings. The lowest BCUT2D eigenvalue weighted by atomic mass is 10.1. The fourth-order valence-electron chi connectivity index (χ4n) is 3.61. The van der Waals surface area contributed by atoms with Crippen LogP contribution in [0.1, 0.15) is 54.6 Å². The number of hydrogen-bond acceptors (Lipinski definition) is 6. The standard InChI is InChI=1S/C22H30N4O3/c1-28-19-10-9-16(15-20(19)29-2)11-13-23-21(27)18-12-14-24-22(26-18)25-17-7-5-3-4-6-8-17/h9-10,12,14-15,17H,3-8,11,13H2,1-2H3,(H,23,27)(H,24,25,26). The summed E-state index contributed by atoms with van der Waals surface area (Å²) in [7, 11) is 3.22. The molecule has 1 amide bonds. The van der Waals surface area contributed by atoms with Crippen LogP contribution >= 0.6 is 0 Å². The average Bonchev–Trinajstić information content (AvgIpc) is 3.02. The quantitative estimate of drug-likeness (QED) is 0.661. The third-order valence-electron chi connectivity index (χ3n) is 5.22. The lowest BCUT2D eigenvalue weighted by Crippen LogP contribution is -2.27. The van der Waals surface area contributed by atoms with Gasteiger partial charge in [0.2, 0.25) is 5.95 Å². The van der Waals surface area contributed by atoms with Crippen molar-refractivity contribution < 1.29 is 14.3 Å². The van der Waals surface area contributed by atoms with Crippen LogP contribution in [0, 0.1) is 0 Å². The summed E-state index contributed by atoms with van der Waals surface area (Å²) in [6.07, 6.45) is 9.63. The van der Waals surface area contributed by atoms with Crippen LogP contribution in [-0.4, -0.2) is 42.7 Å². The second-order valence-corrected chi connectivity index (χ2v) is 7.29. The summed E-state index contributed by atoms with van der Waals surface area (Å²) in [6, 6.07) is 7.79. The van der Waals surface area contributed by atoms with Gasteiger partial charge in [-0.25, -0.2) is 9.97 Å². The van der Waals surface area contributed by atoms with Crippen molar-refractivity contribution in [3.63, 3.8) is 0 Å². The van der Waals surface area contributed by atoms with Crippen LogP contribution in [0.15, 0.2) is 30.5 Å². The minimum atomic E-state index is -0.197. The van der Waals surface area contributed by atoms with Crippen molar-refractivity contribution in [3.8, 4) is 11.5 Å². The van der Waals surface area contributed by atoms with Gasteiger partial charge in [-0.1, -0.05) is 31.7 Å². The number of nitrogens with one attached hydrogen (secondary N) is 2. The summed E-state index contributed by atoms with van der Waals surface area (Å²) in [5.41, 5.74) is 1.43. The largest absolute Gasteiger partial charge is 0.493 e. The molecule has 2 N–H and O–H groups in total. The Morgan fingerprint density at radius 2 is 1.83 bits per heavy atom. The molecular formula is C22H30N4O3. The summed E-state index contributed by atoms with van der Waals surface area (Å²) < 4.78 is 10.6. The van der Waals surface area contributed by atoms with Crippen LogP contribution < -0.4 is 20.1 Å². The number of ether oxygens (including phenoxy) is 2. The Morgan fingerprint density at radius 1 is 1.07 bits per heavy atom. The number of benzene rings is 1. The van der Waals surface area contributed by atoms with Crippen LogP contribution in [0.5, 0.6) is 11.5 Å². The first kappa shape index (κ1) is 20.9. The molecule has 0 saturated heterocycles. The molecule has 0 atom stereocenters. The molecule has 0 radical (unpaired) electrons. The summed E-state index contributed by atoms with van der Waals surface area (Å²) in [5.74, 6) is 1.71. The number of anilines is 1. The molecule has 1 saturated carbocycles. The van der Waals surface area contributed by atoms with E-state index in [1.54, 1.807) is 26.5 Å². The Bertz CT molecular complexity index is 804. The highest BCUT2D eigenvalue weighted by atomic mass is 16.5. The molecule has 1 aliphatic carbocycles. The van der Waals surface area contributed by atoms with Gasteiger partial charge in [0.25, 0.3) is 5.91 Å². The van der Waals surface area contributed by atoms with Crippen molar-refractivity contribution in [3.05, 3.63) is 41.7 Å². The molecule has 2 aromatic rings. The van der Waals surface area contributed by atoms with Crippen LogP contribution in [0.25, 0.3) is 0 Å². The minimum absolute atomic E-state index is 0.197. The van der Waals surface area contributed by atoms with Crippen LogP contribution in [0.2, 0.25) is 0 Å². The summed E-state index contributed by atoms with van der Waals surface area (Å²) in [5, 5.41) is 6.32. The van der Waals surface area contributed by atoms with Crippen LogP contribution in [0.4, 0.5) is 5.95 Å². The van der Waals surface area contributed by atoms with Crippen LogP contribution in [-0.2, 0) is 6.42 Å². The Kier molecular flexibility index (Phi) is 7.67. The zero-order valence-corrected chi connectivity index (χ0v) is 17.2. The van der Waals surface area contributed by atoms with Gasteiger partial charge in [-0.15, -0.1) is 0 Å². The molecule has 156 valence electrons. The molecule has 0 aliphatic heterocycles. The number of nitrogens with zero attached hydrogens (tertiary/aromatic N) is 2. The van der Waals surface area contributed by atoms with Gasteiger partial charge in [0.05, 0.1) is 14.2 Å². The number of carbonyl (C=O) groups is 1. The summed E-state index contributed by atoms with van der Waals surface area (Å²) in [6.45, 7) is 0.504. The average molecular weight is 399 g/mol. The second-order valence-electron chi connectivity index (χ2n) is 7.29. The SMILES string of the molecule is COc1ccc(CCNC(=O)c2ccnc(NC3CCCCCC3)n2)cc1OC. The fraction of sp³-hybridized carbons (Fsp3) is 0.500. The topological polar surface area (TPSA) is 85.4 Å². The lowest BCUT2D eigenvalue weighted by molar-refractivity contribution is 0.0949. The highest BCUT2D eigenvalue weighted by molar-refractivity contribution is 5.92. The van der Waals surface area contributed by atoms with E-state index < -0.39 is 0 Å². The number of amides is 1. The molecular weight excluding hydrogens is 368 g/mol. The van der Waals surface area contributed by atoms with Gasteiger partial charge in [0, 0.05) is 18.8 Å². The molecule has 0 spiro atoms. The maximum absolute atomic E-state index is 12.5.